The van der Waals surface area contributed by atoms with Crippen molar-refractivity contribution in [3.8, 4) is 0 Å². The second kappa shape index (κ2) is 7.68. The van der Waals surface area contributed by atoms with Crippen molar-refractivity contribution in [1.82, 2.24) is 4.98 Å². The van der Waals surface area contributed by atoms with Crippen LogP contribution in [0.5, 0.6) is 0 Å². The number of hydrogen-bond acceptors (Lipinski definition) is 4. The second-order valence-corrected chi connectivity index (χ2v) is 5.70. The van der Waals surface area contributed by atoms with Gasteiger partial charge in [-0.05, 0) is 31.4 Å². The molecule has 2 heterocycles. The highest BCUT2D eigenvalue weighted by Crippen LogP contribution is 2.32. The smallest absolute Gasteiger partial charge is 0.433 e. The number of esters is 1. The topological polar surface area (TPSA) is 42.4 Å². The molecule has 0 bridgehead atoms. The number of carbonyl (C=O) groups is 1. The van der Waals surface area contributed by atoms with Gasteiger partial charge in [-0.1, -0.05) is 19.1 Å². The third-order valence-electron chi connectivity index (χ3n) is 4.06. The Labute approximate surface area is 139 Å². The van der Waals surface area contributed by atoms with Crippen molar-refractivity contribution in [2.45, 2.75) is 32.4 Å². The molecule has 1 aliphatic rings. The number of hydrogen-bond donors (Lipinski definition) is 0. The molecule has 0 spiro atoms. The minimum Gasteiger partial charge on any atom is -0.469 e. The predicted molar refractivity (Wildman–Crippen MR) is 85.5 cm³/mol. The van der Waals surface area contributed by atoms with Crippen LogP contribution in [0.3, 0.4) is 0 Å². The molecule has 0 saturated carbocycles. The molecule has 7 heteroatoms. The Morgan fingerprint density at radius 2 is 2.04 bits per heavy atom. The second-order valence-electron chi connectivity index (χ2n) is 5.70. The maximum Gasteiger partial charge on any atom is 0.433 e. The van der Waals surface area contributed by atoms with Gasteiger partial charge in [-0.2, -0.15) is 13.2 Å². The van der Waals surface area contributed by atoms with Crippen molar-refractivity contribution in [1.29, 1.82) is 0 Å². The molecule has 24 heavy (non-hydrogen) atoms. The molecule has 1 saturated heterocycles. The Kier molecular flexibility index (Phi) is 5.85. The van der Waals surface area contributed by atoms with Crippen LogP contribution in [0.4, 0.5) is 19.0 Å². The molecule has 132 valence electrons. The Hall–Kier alpha value is -2.05. The van der Waals surface area contributed by atoms with Gasteiger partial charge in [-0.3, -0.25) is 4.79 Å². The summed E-state index contributed by atoms with van der Waals surface area (Å²) in [5.41, 5.74) is -0.248. The van der Waals surface area contributed by atoms with E-state index < -0.39 is 11.9 Å². The molecular weight excluding hydrogens is 321 g/mol. The molecule has 0 radical (unpaired) electrons. The average Bonchev–Trinajstić information content (AvgIpc) is 2.58. The number of ether oxygens (including phenoxy) is 1. The third kappa shape index (κ3) is 4.27. The molecular formula is C17H21F3N2O2. The number of piperidine rings is 1. The quantitative estimate of drug-likeness (QED) is 0.778. The number of carbonyl (C=O) groups excluding carboxylic acids is 1. The van der Waals surface area contributed by atoms with Gasteiger partial charge < -0.3 is 9.64 Å². The first-order chi connectivity index (χ1) is 11.4. The van der Waals surface area contributed by atoms with Crippen LogP contribution in [-0.4, -0.2) is 31.2 Å². The van der Waals surface area contributed by atoms with E-state index in [9.17, 15) is 18.0 Å². The van der Waals surface area contributed by atoms with Gasteiger partial charge in [0.05, 0.1) is 13.0 Å². The molecule has 0 atom stereocenters. The first-order valence-electron chi connectivity index (χ1n) is 7.94. The van der Waals surface area contributed by atoms with E-state index in [1.165, 1.54) is 13.2 Å². The van der Waals surface area contributed by atoms with E-state index in [2.05, 4.69) is 4.98 Å². The van der Waals surface area contributed by atoms with Crippen molar-refractivity contribution < 1.29 is 22.7 Å². The van der Waals surface area contributed by atoms with Crippen LogP contribution in [0.25, 0.3) is 6.08 Å². The largest absolute Gasteiger partial charge is 0.469 e. The van der Waals surface area contributed by atoms with E-state index in [0.29, 0.717) is 37.3 Å². The van der Waals surface area contributed by atoms with Crippen molar-refractivity contribution in [2.75, 3.05) is 25.1 Å². The highest BCUT2D eigenvalue weighted by molar-refractivity contribution is 5.73. The number of methoxy groups -OCH3 is 1. The molecule has 0 amide bonds. The first kappa shape index (κ1) is 18.3. The summed E-state index contributed by atoms with van der Waals surface area (Å²) in [6.07, 6.45) is 1.06. The van der Waals surface area contributed by atoms with Crippen LogP contribution in [0.1, 0.15) is 37.4 Å². The number of pyridine rings is 1. The predicted octanol–water partition coefficient (Wildman–Crippen LogP) is 3.91. The van der Waals surface area contributed by atoms with Gasteiger partial charge in [0.1, 0.15) is 11.5 Å². The van der Waals surface area contributed by atoms with E-state index >= 15 is 0 Å². The van der Waals surface area contributed by atoms with Crippen LogP contribution in [0.15, 0.2) is 18.2 Å². The fraction of sp³-hybridized carbons (Fsp3) is 0.529. The zero-order valence-electron chi connectivity index (χ0n) is 13.8. The molecule has 1 aliphatic heterocycles. The number of nitrogens with zero attached hydrogens (tertiary/aromatic N) is 2. The Bertz CT molecular complexity index is 606. The van der Waals surface area contributed by atoms with E-state index in [-0.39, 0.29) is 11.9 Å². The molecule has 2 rings (SSSR count). The number of anilines is 1. The molecule has 0 unspecified atom stereocenters. The lowest BCUT2D eigenvalue weighted by atomic mass is 9.96. The third-order valence-corrected chi connectivity index (χ3v) is 4.06. The van der Waals surface area contributed by atoms with Gasteiger partial charge in [0.15, 0.2) is 0 Å². The van der Waals surface area contributed by atoms with Crippen molar-refractivity contribution in [3.05, 3.63) is 29.5 Å². The van der Waals surface area contributed by atoms with Crippen LogP contribution >= 0.6 is 0 Å². The molecule has 0 N–H and O–H groups in total. The molecule has 0 aromatic carbocycles. The minimum atomic E-state index is -4.48. The van der Waals surface area contributed by atoms with Crippen LogP contribution in [0, 0.1) is 5.92 Å². The van der Waals surface area contributed by atoms with E-state index in [1.54, 1.807) is 6.08 Å². The van der Waals surface area contributed by atoms with Gasteiger partial charge >= 0.3 is 12.1 Å². The summed E-state index contributed by atoms with van der Waals surface area (Å²) in [6, 6.07) is 2.45. The number of halogens is 3. The summed E-state index contributed by atoms with van der Waals surface area (Å²) in [4.78, 5) is 17.2. The zero-order chi connectivity index (χ0) is 17.7. The molecule has 1 fully saturated rings. The normalized spacial score (nSPS) is 16.6. The summed E-state index contributed by atoms with van der Waals surface area (Å²) < 4.78 is 43.7. The highest BCUT2D eigenvalue weighted by atomic mass is 19.4. The van der Waals surface area contributed by atoms with E-state index in [1.807, 2.05) is 17.9 Å². The SMILES string of the molecule is CC/C=C/c1ccc(C(F)(F)F)nc1N1CCC(C(=O)OC)CC1. The molecule has 0 aliphatic carbocycles. The van der Waals surface area contributed by atoms with E-state index in [0.717, 1.165) is 12.5 Å². The van der Waals surface area contributed by atoms with Gasteiger partial charge in [0, 0.05) is 18.7 Å². The van der Waals surface area contributed by atoms with Gasteiger partial charge in [-0.25, -0.2) is 4.98 Å². The monoisotopic (exact) mass is 342 g/mol. The maximum atomic E-state index is 13.0. The molecule has 1 aromatic rings. The van der Waals surface area contributed by atoms with Crippen molar-refractivity contribution in [2.24, 2.45) is 5.92 Å². The van der Waals surface area contributed by atoms with Crippen LogP contribution in [-0.2, 0) is 15.7 Å². The first-order valence-corrected chi connectivity index (χ1v) is 7.94. The number of aromatic nitrogens is 1. The Morgan fingerprint density at radius 1 is 1.38 bits per heavy atom. The summed E-state index contributed by atoms with van der Waals surface area (Å²) in [7, 11) is 1.34. The highest BCUT2D eigenvalue weighted by Gasteiger charge is 2.34. The number of allylic oxidation sites excluding steroid dienone is 1. The molecule has 1 aromatic heterocycles. The number of rotatable bonds is 4. The summed E-state index contributed by atoms with van der Waals surface area (Å²) in [5, 5.41) is 0. The number of alkyl halides is 3. The lowest BCUT2D eigenvalue weighted by Gasteiger charge is -2.32. The van der Waals surface area contributed by atoms with Gasteiger partial charge in [0.2, 0.25) is 0 Å². The maximum absolute atomic E-state index is 13.0. The Morgan fingerprint density at radius 3 is 2.58 bits per heavy atom. The van der Waals surface area contributed by atoms with Gasteiger partial charge in [0.25, 0.3) is 0 Å². The summed E-state index contributed by atoms with van der Waals surface area (Å²) in [5.74, 6) is -0.151. The lowest BCUT2D eigenvalue weighted by Crippen LogP contribution is -2.37. The summed E-state index contributed by atoms with van der Waals surface area (Å²) in [6.45, 7) is 2.90. The van der Waals surface area contributed by atoms with Crippen LogP contribution in [0.2, 0.25) is 0 Å². The van der Waals surface area contributed by atoms with Crippen LogP contribution < -0.4 is 4.90 Å². The summed E-state index contributed by atoms with van der Waals surface area (Å²) >= 11 is 0. The van der Waals surface area contributed by atoms with Crippen molar-refractivity contribution in [3.63, 3.8) is 0 Å². The fourth-order valence-electron chi connectivity index (χ4n) is 2.74. The standard InChI is InChI=1S/C17H21F3N2O2/c1-3-4-5-12-6-7-14(17(18,19)20)21-15(12)22-10-8-13(9-11-22)16(23)24-2/h4-7,13H,3,8-11H2,1-2H3/b5-4+. The molecule has 4 nitrogen and oxygen atoms in total. The minimum absolute atomic E-state index is 0.202. The zero-order valence-corrected chi connectivity index (χ0v) is 13.8. The van der Waals surface area contributed by atoms with Gasteiger partial charge in [-0.15, -0.1) is 0 Å². The fourth-order valence-corrected chi connectivity index (χ4v) is 2.74. The lowest BCUT2D eigenvalue weighted by molar-refractivity contribution is -0.146. The Balaban J connectivity index is 2.26. The van der Waals surface area contributed by atoms with E-state index in [4.69, 9.17) is 4.74 Å². The average molecular weight is 342 g/mol. The van der Waals surface area contributed by atoms with Crippen molar-refractivity contribution >= 4 is 17.9 Å².